The lowest BCUT2D eigenvalue weighted by Gasteiger charge is -2.27. The first kappa shape index (κ1) is 23.8. The first-order valence-corrected chi connectivity index (χ1v) is 12.3. The summed E-state index contributed by atoms with van der Waals surface area (Å²) in [6.07, 6.45) is 3.66. The molecule has 3 heterocycles. The molecule has 5 rings (SSSR count). The van der Waals surface area contributed by atoms with E-state index in [1.165, 1.54) is 12.8 Å². The van der Waals surface area contributed by atoms with Gasteiger partial charge in [-0.25, -0.2) is 4.52 Å². The van der Waals surface area contributed by atoms with Crippen molar-refractivity contribution in [3.63, 3.8) is 0 Å². The van der Waals surface area contributed by atoms with Gasteiger partial charge in [-0.2, -0.15) is 0 Å². The number of hydrogen-bond acceptors (Lipinski definition) is 7. The molecule has 8 heteroatoms. The predicted molar refractivity (Wildman–Crippen MR) is 135 cm³/mol. The van der Waals surface area contributed by atoms with Crippen LogP contribution in [0.5, 0.6) is 17.4 Å². The summed E-state index contributed by atoms with van der Waals surface area (Å²) in [6.45, 7) is 4.08. The fraction of sp³-hybridized carbons (Fsp3) is 0.519. The number of hydrogen-bond donors (Lipinski definition) is 0. The monoisotopic (exact) mass is 481 g/mol. The van der Waals surface area contributed by atoms with E-state index in [1.807, 2.05) is 22.7 Å². The highest BCUT2D eigenvalue weighted by molar-refractivity contribution is 5.84. The minimum absolute atomic E-state index is 0.470. The molecule has 1 atom stereocenters. The van der Waals surface area contributed by atoms with E-state index in [1.54, 1.807) is 28.4 Å². The topological polar surface area (TPSA) is 66.7 Å². The molecule has 1 aromatic carbocycles. The highest BCUT2D eigenvalue weighted by Gasteiger charge is 2.31. The molecular formula is C27H35N3O5. The lowest BCUT2D eigenvalue weighted by molar-refractivity contribution is 0.184. The SMILES string of the molecule is COCc1cc(OC)c(-c2cccc3c(N(CC4CC4)CC4CCOC4)c(OC)nn23)c(OC)c1. The standard InChI is InChI=1S/C27H35N3O5/c1-31-16-20-12-23(32-2)25(24(13-20)33-3)21-6-5-7-22-26(27(34-4)28-30(21)22)29(14-18-8-9-18)15-19-10-11-35-17-19/h5-7,12-13,18-19H,8-11,14-17H2,1-4H3. The maximum Gasteiger partial charge on any atom is 0.257 e. The second-order valence-corrected chi connectivity index (χ2v) is 9.45. The molecule has 3 aromatic rings. The first-order chi connectivity index (χ1) is 17.2. The van der Waals surface area contributed by atoms with E-state index < -0.39 is 0 Å². The number of methoxy groups -OCH3 is 4. The van der Waals surface area contributed by atoms with Gasteiger partial charge in [0.2, 0.25) is 0 Å². The highest BCUT2D eigenvalue weighted by Crippen LogP contribution is 2.43. The van der Waals surface area contributed by atoms with Crippen LogP contribution < -0.4 is 19.1 Å². The van der Waals surface area contributed by atoms with Crippen molar-refractivity contribution in [2.24, 2.45) is 11.8 Å². The van der Waals surface area contributed by atoms with Gasteiger partial charge in [0.1, 0.15) is 17.2 Å². The molecule has 8 nitrogen and oxygen atoms in total. The van der Waals surface area contributed by atoms with Gasteiger partial charge in [-0.1, -0.05) is 6.07 Å². The largest absolute Gasteiger partial charge is 0.496 e. The zero-order chi connectivity index (χ0) is 24.4. The number of anilines is 1. The summed E-state index contributed by atoms with van der Waals surface area (Å²) in [5.41, 5.74) is 4.74. The van der Waals surface area contributed by atoms with E-state index >= 15 is 0 Å². The summed E-state index contributed by atoms with van der Waals surface area (Å²) >= 11 is 0. The van der Waals surface area contributed by atoms with Crippen LogP contribution in [0.25, 0.3) is 16.8 Å². The molecule has 1 saturated carbocycles. The third kappa shape index (κ3) is 4.77. The summed E-state index contributed by atoms with van der Waals surface area (Å²) in [7, 11) is 6.71. The van der Waals surface area contributed by atoms with E-state index in [0.29, 0.717) is 29.9 Å². The smallest absolute Gasteiger partial charge is 0.257 e. The second kappa shape index (κ2) is 10.3. The number of fused-ring (bicyclic) bond motifs is 1. The van der Waals surface area contributed by atoms with Gasteiger partial charge in [0.25, 0.3) is 5.88 Å². The summed E-state index contributed by atoms with van der Waals surface area (Å²) in [6, 6.07) is 10.2. The molecule has 1 unspecified atom stereocenters. The van der Waals surface area contributed by atoms with Gasteiger partial charge in [0.15, 0.2) is 0 Å². The van der Waals surface area contributed by atoms with Crippen molar-refractivity contribution in [2.75, 3.05) is 59.6 Å². The highest BCUT2D eigenvalue weighted by atomic mass is 16.5. The molecule has 0 spiro atoms. The summed E-state index contributed by atoms with van der Waals surface area (Å²) in [4.78, 5) is 2.47. The van der Waals surface area contributed by atoms with Gasteiger partial charge in [-0.05, 0) is 55.0 Å². The third-order valence-corrected chi connectivity index (χ3v) is 6.92. The Bertz CT molecular complexity index is 1140. The predicted octanol–water partition coefficient (Wildman–Crippen LogP) is 4.43. The van der Waals surface area contributed by atoms with Crippen LogP contribution in [0.2, 0.25) is 0 Å². The van der Waals surface area contributed by atoms with Crippen molar-refractivity contribution < 1.29 is 23.7 Å². The fourth-order valence-corrected chi connectivity index (χ4v) is 5.04. The molecule has 0 N–H and O–H groups in total. The van der Waals surface area contributed by atoms with Gasteiger partial charge in [-0.15, -0.1) is 5.10 Å². The average molecular weight is 482 g/mol. The summed E-state index contributed by atoms with van der Waals surface area (Å²) in [5.74, 6) is 3.29. The molecule has 0 bridgehead atoms. The van der Waals surface area contributed by atoms with Crippen LogP contribution in [-0.4, -0.2) is 64.4 Å². The Morgan fingerprint density at radius 2 is 1.71 bits per heavy atom. The second-order valence-electron chi connectivity index (χ2n) is 9.45. The minimum atomic E-state index is 0.470. The van der Waals surface area contributed by atoms with Crippen LogP contribution in [0.1, 0.15) is 24.8 Å². The van der Waals surface area contributed by atoms with Crippen molar-refractivity contribution in [1.82, 2.24) is 9.61 Å². The Labute approximate surface area is 206 Å². The molecule has 2 fully saturated rings. The number of rotatable bonds is 11. The van der Waals surface area contributed by atoms with E-state index in [9.17, 15) is 0 Å². The van der Waals surface area contributed by atoms with Crippen molar-refractivity contribution in [1.29, 1.82) is 0 Å². The van der Waals surface area contributed by atoms with Crippen LogP contribution in [0.4, 0.5) is 5.69 Å². The van der Waals surface area contributed by atoms with Gasteiger partial charge < -0.3 is 28.6 Å². The molecule has 0 radical (unpaired) electrons. The average Bonchev–Trinajstić information content (AvgIpc) is 3.38. The molecule has 2 aliphatic rings. The fourth-order valence-electron chi connectivity index (χ4n) is 5.04. The lowest BCUT2D eigenvalue weighted by atomic mass is 10.0. The van der Waals surface area contributed by atoms with E-state index in [0.717, 1.165) is 66.7 Å². The van der Waals surface area contributed by atoms with Gasteiger partial charge in [-0.3, -0.25) is 0 Å². The van der Waals surface area contributed by atoms with Crippen molar-refractivity contribution in [2.45, 2.75) is 25.9 Å². The van der Waals surface area contributed by atoms with Crippen molar-refractivity contribution in [3.05, 3.63) is 35.9 Å². The van der Waals surface area contributed by atoms with Crippen LogP contribution >= 0.6 is 0 Å². The maximum atomic E-state index is 5.85. The quantitative estimate of drug-likeness (QED) is 0.401. The lowest BCUT2D eigenvalue weighted by Crippen LogP contribution is -2.32. The molecule has 1 aliphatic carbocycles. The Morgan fingerprint density at radius 3 is 2.31 bits per heavy atom. The van der Waals surface area contributed by atoms with Crippen LogP contribution in [-0.2, 0) is 16.1 Å². The Kier molecular flexibility index (Phi) is 7.02. The molecule has 188 valence electrons. The number of nitrogens with zero attached hydrogens (tertiary/aromatic N) is 3. The number of ether oxygens (including phenoxy) is 5. The Hall–Kier alpha value is -2.97. The number of aromatic nitrogens is 2. The normalized spacial score (nSPS) is 17.7. The first-order valence-electron chi connectivity index (χ1n) is 12.3. The molecule has 1 aliphatic heterocycles. The molecule has 0 amide bonds. The molecule has 2 aromatic heterocycles. The maximum absolute atomic E-state index is 5.85. The molecular weight excluding hydrogens is 446 g/mol. The Morgan fingerprint density at radius 1 is 0.971 bits per heavy atom. The van der Waals surface area contributed by atoms with Gasteiger partial charge in [0, 0.05) is 32.7 Å². The zero-order valence-corrected chi connectivity index (χ0v) is 21.1. The third-order valence-electron chi connectivity index (χ3n) is 6.92. The minimum Gasteiger partial charge on any atom is -0.496 e. The molecule has 1 saturated heterocycles. The summed E-state index contributed by atoms with van der Waals surface area (Å²) in [5, 5.41) is 4.93. The number of pyridine rings is 1. The number of benzene rings is 1. The van der Waals surface area contributed by atoms with E-state index in [-0.39, 0.29) is 0 Å². The zero-order valence-electron chi connectivity index (χ0n) is 21.1. The Balaban J connectivity index is 1.64. The van der Waals surface area contributed by atoms with Crippen LogP contribution in [0.3, 0.4) is 0 Å². The van der Waals surface area contributed by atoms with Crippen LogP contribution in [0, 0.1) is 11.8 Å². The van der Waals surface area contributed by atoms with E-state index in [4.69, 9.17) is 28.8 Å². The van der Waals surface area contributed by atoms with E-state index in [2.05, 4.69) is 17.0 Å². The van der Waals surface area contributed by atoms with Crippen molar-refractivity contribution >= 4 is 11.2 Å². The van der Waals surface area contributed by atoms with Crippen LogP contribution in [0.15, 0.2) is 30.3 Å². The van der Waals surface area contributed by atoms with Gasteiger partial charge in [0.05, 0.1) is 51.3 Å². The molecule has 35 heavy (non-hydrogen) atoms. The van der Waals surface area contributed by atoms with Crippen molar-refractivity contribution in [3.8, 4) is 28.6 Å². The summed E-state index contributed by atoms with van der Waals surface area (Å²) < 4.78 is 30.4. The van der Waals surface area contributed by atoms with Gasteiger partial charge >= 0.3 is 0 Å².